The minimum Gasteiger partial charge on any atom is -0.495 e. The number of carbonyl (C=O) groups is 1. The van der Waals surface area contributed by atoms with Crippen LogP contribution in [0.3, 0.4) is 0 Å². The Hall–Kier alpha value is -2.25. The molecule has 1 N–H and O–H groups in total. The number of hydrogen-bond donors (Lipinski definition) is 1. The highest BCUT2D eigenvalue weighted by Gasteiger charge is 2.75. The van der Waals surface area contributed by atoms with E-state index in [-0.39, 0.29) is 5.92 Å². The van der Waals surface area contributed by atoms with Crippen LogP contribution in [0.5, 0.6) is 5.75 Å². The van der Waals surface area contributed by atoms with Crippen molar-refractivity contribution in [3.63, 3.8) is 0 Å². The van der Waals surface area contributed by atoms with Gasteiger partial charge in [0.1, 0.15) is 5.75 Å². The second-order valence-corrected chi connectivity index (χ2v) is 9.90. The highest BCUT2D eigenvalue weighted by Crippen LogP contribution is 2.59. The first kappa shape index (κ1) is 19.1. The van der Waals surface area contributed by atoms with Crippen LogP contribution >= 0.6 is 11.6 Å². The number of ether oxygens (including phenoxy) is 1. The van der Waals surface area contributed by atoms with Crippen LogP contribution in [-0.4, -0.2) is 32.7 Å². The summed E-state index contributed by atoms with van der Waals surface area (Å²) in [5.41, 5.74) is 2.87. The van der Waals surface area contributed by atoms with E-state index < -0.39 is 20.7 Å². The Balaban J connectivity index is 1.64. The average molecular weight is 421 g/mol. The molecular formula is C20H21ClN2O4S. The highest BCUT2D eigenvalue weighted by atomic mass is 35.5. The molecular weight excluding hydrogens is 400 g/mol. The normalized spacial score (nSPS) is 24.6. The molecule has 4 rings (SSSR count). The molecule has 28 heavy (non-hydrogen) atoms. The van der Waals surface area contributed by atoms with Gasteiger partial charge in [0.05, 0.1) is 17.8 Å². The molecule has 1 heterocycles. The van der Waals surface area contributed by atoms with Crippen molar-refractivity contribution < 1.29 is 17.9 Å². The maximum Gasteiger partial charge on any atom is 0.250 e. The number of aryl methyl sites for hydroxylation is 2. The lowest BCUT2D eigenvalue weighted by Gasteiger charge is -2.26. The molecule has 1 aliphatic carbocycles. The van der Waals surface area contributed by atoms with Crippen molar-refractivity contribution in [3.8, 4) is 5.75 Å². The van der Waals surface area contributed by atoms with E-state index in [1.165, 1.54) is 11.4 Å². The summed E-state index contributed by atoms with van der Waals surface area (Å²) in [4.78, 5) is 13.0. The van der Waals surface area contributed by atoms with E-state index in [0.717, 1.165) is 11.1 Å². The number of rotatable bonds is 4. The van der Waals surface area contributed by atoms with Crippen LogP contribution in [0.1, 0.15) is 17.5 Å². The number of benzene rings is 2. The van der Waals surface area contributed by atoms with Gasteiger partial charge >= 0.3 is 0 Å². The standard InChI is InChI=1S/C20H21ClN2O4S/c1-12-5-4-6-13(2)18(12)23-11-14-10-20(14,28(23,25)26)19(24)22-15-7-8-17(27-3)16(21)9-15/h4-9,14H,10-11H2,1-3H3,(H,22,24)/t14-,20-/m1/s1. The quantitative estimate of drug-likeness (QED) is 0.821. The smallest absolute Gasteiger partial charge is 0.250 e. The van der Waals surface area contributed by atoms with Gasteiger partial charge < -0.3 is 10.1 Å². The summed E-state index contributed by atoms with van der Waals surface area (Å²) >= 11 is 6.11. The molecule has 0 aromatic heterocycles. The lowest BCUT2D eigenvalue weighted by molar-refractivity contribution is -0.116. The lowest BCUT2D eigenvalue weighted by Crippen LogP contribution is -2.42. The van der Waals surface area contributed by atoms with Crippen molar-refractivity contribution in [1.29, 1.82) is 0 Å². The van der Waals surface area contributed by atoms with Crippen LogP contribution in [0.15, 0.2) is 36.4 Å². The molecule has 2 aromatic rings. The van der Waals surface area contributed by atoms with Crippen molar-refractivity contribution in [2.45, 2.75) is 25.0 Å². The molecule has 1 aliphatic heterocycles. The van der Waals surface area contributed by atoms with Crippen LogP contribution in [-0.2, 0) is 14.8 Å². The topological polar surface area (TPSA) is 75.7 Å². The maximum absolute atomic E-state index is 13.4. The average Bonchev–Trinajstić information content (AvgIpc) is 3.32. The van der Waals surface area contributed by atoms with E-state index in [4.69, 9.17) is 16.3 Å². The SMILES string of the molecule is COc1ccc(NC(=O)[C@@]23C[C@@H]2CN(c2c(C)cccc2C)S3(=O)=O)cc1Cl. The number of para-hydroxylation sites is 1. The van der Waals surface area contributed by atoms with Crippen molar-refractivity contribution in [2.24, 2.45) is 5.92 Å². The fourth-order valence-electron chi connectivity index (χ4n) is 4.12. The third-order valence-electron chi connectivity index (χ3n) is 5.67. The fourth-order valence-corrected chi connectivity index (χ4v) is 6.87. The van der Waals surface area contributed by atoms with E-state index in [2.05, 4.69) is 5.32 Å². The third-order valence-corrected chi connectivity index (χ3v) is 8.48. The molecule has 0 spiro atoms. The van der Waals surface area contributed by atoms with Gasteiger partial charge in [0, 0.05) is 18.2 Å². The Morgan fingerprint density at radius 1 is 1.25 bits per heavy atom. The molecule has 0 bridgehead atoms. The Labute approximate surface area is 169 Å². The minimum absolute atomic E-state index is 0.217. The first-order valence-electron chi connectivity index (χ1n) is 8.96. The maximum atomic E-state index is 13.4. The fraction of sp³-hybridized carbons (Fsp3) is 0.350. The Morgan fingerprint density at radius 3 is 2.54 bits per heavy atom. The third kappa shape index (κ3) is 2.60. The predicted octanol–water partition coefficient (Wildman–Crippen LogP) is 3.51. The number of nitrogens with zero attached hydrogens (tertiary/aromatic N) is 1. The van der Waals surface area contributed by atoms with Crippen molar-refractivity contribution in [3.05, 3.63) is 52.5 Å². The molecule has 2 aliphatic rings. The summed E-state index contributed by atoms with van der Waals surface area (Å²) in [6, 6.07) is 10.5. The zero-order chi connectivity index (χ0) is 20.3. The molecule has 1 saturated heterocycles. The number of hydrogen-bond acceptors (Lipinski definition) is 4. The molecule has 8 heteroatoms. The largest absolute Gasteiger partial charge is 0.495 e. The molecule has 1 amide bonds. The summed E-state index contributed by atoms with van der Waals surface area (Å²) in [5.74, 6) is -0.241. The molecule has 6 nitrogen and oxygen atoms in total. The van der Waals surface area contributed by atoms with E-state index in [0.29, 0.717) is 35.1 Å². The lowest BCUT2D eigenvalue weighted by atomic mass is 10.1. The molecule has 0 unspecified atom stereocenters. The van der Waals surface area contributed by atoms with Crippen LogP contribution in [0.25, 0.3) is 0 Å². The number of halogens is 1. The van der Waals surface area contributed by atoms with E-state index >= 15 is 0 Å². The Morgan fingerprint density at radius 2 is 1.93 bits per heavy atom. The molecule has 2 fully saturated rings. The van der Waals surface area contributed by atoms with Gasteiger partial charge in [-0.25, -0.2) is 8.42 Å². The van der Waals surface area contributed by atoms with E-state index in [9.17, 15) is 13.2 Å². The zero-order valence-electron chi connectivity index (χ0n) is 15.8. The van der Waals surface area contributed by atoms with Gasteiger partial charge in [-0.3, -0.25) is 9.10 Å². The molecule has 2 aromatic carbocycles. The second kappa shape index (κ2) is 6.39. The summed E-state index contributed by atoms with van der Waals surface area (Å²) < 4.78 is 31.9. The minimum atomic E-state index is -3.83. The van der Waals surface area contributed by atoms with Crippen molar-refractivity contribution in [2.75, 3.05) is 23.3 Å². The number of anilines is 2. The monoisotopic (exact) mass is 420 g/mol. The van der Waals surface area contributed by atoms with Crippen LogP contribution in [0.4, 0.5) is 11.4 Å². The van der Waals surface area contributed by atoms with Gasteiger partial charge in [-0.15, -0.1) is 0 Å². The van der Waals surface area contributed by atoms with E-state index in [1.807, 2.05) is 32.0 Å². The first-order chi connectivity index (χ1) is 13.2. The van der Waals surface area contributed by atoms with Gasteiger partial charge in [-0.2, -0.15) is 0 Å². The molecule has 148 valence electrons. The van der Waals surface area contributed by atoms with Crippen LogP contribution < -0.4 is 14.4 Å². The molecule has 0 radical (unpaired) electrons. The second-order valence-electron chi connectivity index (χ2n) is 7.37. The Kier molecular flexibility index (Phi) is 4.35. The van der Waals surface area contributed by atoms with Crippen molar-refractivity contribution in [1.82, 2.24) is 0 Å². The van der Waals surface area contributed by atoms with Gasteiger partial charge in [0.25, 0.3) is 0 Å². The number of amides is 1. The summed E-state index contributed by atoms with van der Waals surface area (Å²) in [6.45, 7) is 4.09. The number of carbonyl (C=O) groups excluding carboxylic acids is 1. The first-order valence-corrected chi connectivity index (χ1v) is 10.8. The summed E-state index contributed by atoms with van der Waals surface area (Å²) in [5, 5.41) is 3.07. The summed E-state index contributed by atoms with van der Waals surface area (Å²) in [6.07, 6.45) is 0.340. The van der Waals surface area contributed by atoms with E-state index in [1.54, 1.807) is 18.2 Å². The van der Waals surface area contributed by atoms with Crippen LogP contribution in [0, 0.1) is 19.8 Å². The van der Waals surface area contributed by atoms with Gasteiger partial charge in [-0.05, 0) is 49.6 Å². The molecule has 1 saturated carbocycles. The number of sulfonamides is 1. The number of methoxy groups -OCH3 is 1. The summed E-state index contributed by atoms with van der Waals surface area (Å²) in [7, 11) is -2.33. The number of nitrogens with one attached hydrogen (secondary N) is 1. The number of fused-ring (bicyclic) bond motifs is 1. The highest BCUT2D eigenvalue weighted by molar-refractivity contribution is 7.95. The van der Waals surface area contributed by atoms with Crippen molar-refractivity contribution >= 4 is 38.9 Å². The Bertz CT molecular complexity index is 1070. The van der Waals surface area contributed by atoms with Crippen LogP contribution in [0.2, 0.25) is 5.02 Å². The molecule has 2 atom stereocenters. The van der Waals surface area contributed by atoms with Gasteiger partial charge in [-0.1, -0.05) is 29.8 Å². The predicted molar refractivity (Wildman–Crippen MR) is 110 cm³/mol. The van der Waals surface area contributed by atoms with Gasteiger partial charge in [0.15, 0.2) is 4.75 Å². The van der Waals surface area contributed by atoms with Gasteiger partial charge in [0.2, 0.25) is 15.9 Å². The zero-order valence-corrected chi connectivity index (χ0v) is 17.4.